The molecule has 2 fully saturated rings. The lowest BCUT2D eigenvalue weighted by Crippen LogP contribution is -2.45. The van der Waals surface area contributed by atoms with Crippen LogP contribution >= 0.6 is 0 Å². The van der Waals surface area contributed by atoms with Gasteiger partial charge in [0, 0.05) is 50.1 Å². The van der Waals surface area contributed by atoms with E-state index < -0.39 is 5.92 Å². The number of hydrogen-bond acceptors (Lipinski definition) is 8. The second-order valence-corrected chi connectivity index (χ2v) is 7.85. The Labute approximate surface area is 174 Å². The van der Waals surface area contributed by atoms with E-state index in [1.54, 1.807) is 17.3 Å². The van der Waals surface area contributed by atoms with Gasteiger partial charge in [-0.2, -0.15) is 4.98 Å². The molecule has 2 aliphatic heterocycles. The fourth-order valence-electron chi connectivity index (χ4n) is 3.90. The van der Waals surface area contributed by atoms with Crippen LogP contribution in [-0.2, 0) is 4.74 Å². The standard InChI is InChI=1S/C20H27F2N7O/c1-2-4-15-12-28(7-8-30-15)17-9-16(14-10-24-18(23)25-11-14)26-19(27-17)29-6-3-5-20(21,22)13-29/h9-11,15H,2-8,12-13H2,1H3,(H2,23,24,25)/t15-/m0/s1. The van der Waals surface area contributed by atoms with Crippen molar-refractivity contribution in [2.75, 3.05) is 48.3 Å². The van der Waals surface area contributed by atoms with Crippen molar-refractivity contribution < 1.29 is 13.5 Å². The van der Waals surface area contributed by atoms with Gasteiger partial charge in [0.2, 0.25) is 11.9 Å². The highest BCUT2D eigenvalue weighted by Crippen LogP contribution is 2.31. The van der Waals surface area contributed by atoms with Gasteiger partial charge in [-0.05, 0) is 12.8 Å². The van der Waals surface area contributed by atoms with Gasteiger partial charge < -0.3 is 20.3 Å². The molecule has 2 saturated heterocycles. The maximum atomic E-state index is 14.0. The largest absolute Gasteiger partial charge is 0.375 e. The maximum absolute atomic E-state index is 14.0. The minimum Gasteiger partial charge on any atom is -0.375 e. The van der Waals surface area contributed by atoms with Crippen molar-refractivity contribution in [1.29, 1.82) is 0 Å². The van der Waals surface area contributed by atoms with E-state index in [2.05, 4.69) is 31.8 Å². The van der Waals surface area contributed by atoms with Crippen LogP contribution in [0, 0.1) is 0 Å². The molecule has 2 aromatic heterocycles. The molecule has 0 unspecified atom stereocenters. The average Bonchev–Trinajstić information content (AvgIpc) is 2.74. The van der Waals surface area contributed by atoms with Crippen LogP contribution in [0.25, 0.3) is 11.3 Å². The number of nitrogen functional groups attached to an aromatic ring is 1. The summed E-state index contributed by atoms with van der Waals surface area (Å²) in [4.78, 5) is 21.0. The Kier molecular flexibility index (Phi) is 5.94. The first-order valence-electron chi connectivity index (χ1n) is 10.4. The summed E-state index contributed by atoms with van der Waals surface area (Å²) in [5, 5.41) is 0. The molecule has 0 aromatic carbocycles. The van der Waals surface area contributed by atoms with Gasteiger partial charge in [0.15, 0.2) is 0 Å². The summed E-state index contributed by atoms with van der Waals surface area (Å²) in [7, 11) is 0. The van der Waals surface area contributed by atoms with E-state index in [-0.39, 0.29) is 25.0 Å². The van der Waals surface area contributed by atoms with E-state index in [1.165, 1.54) is 0 Å². The molecule has 0 bridgehead atoms. The zero-order valence-electron chi connectivity index (χ0n) is 17.1. The lowest BCUT2D eigenvalue weighted by molar-refractivity contribution is -0.0120. The topological polar surface area (TPSA) is 93.3 Å². The van der Waals surface area contributed by atoms with Gasteiger partial charge in [-0.1, -0.05) is 13.3 Å². The second kappa shape index (κ2) is 8.63. The van der Waals surface area contributed by atoms with Crippen molar-refractivity contribution in [2.24, 2.45) is 0 Å². The van der Waals surface area contributed by atoms with Crippen molar-refractivity contribution >= 4 is 17.7 Å². The molecular formula is C20H27F2N7O. The van der Waals surface area contributed by atoms with Gasteiger partial charge in [-0.3, -0.25) is 0 Å². The molecule has 0 radical (unpaired) electrons. The van der Waals surface area contributed by atoms with Gasteiger partial charge in [-0.25, -0.2) is 23.7 Å². The van der Waals surface area contributed by atoms with Crippen molar-refractivity contribution in [1.82, 2.24) is 19.9 Å². The Hall–Kier alpha value is -2.62. The molecule has 4 rings (SSSR count). The normalized spacial score (nSPS) is 21.6. The molecule has 0 amide bonds. The number of piperidine rings is 1. The van der Waals surface area contributed by atoms with Crippen LogP contribution in [-0.4, -0.2) is 64.7 Å². The number of alkyl halides is 2. The molecule has 0 aliphatic carbocycles. The molecule has 1 atom stereocenters. The Morgan fingerprint density at radius 1 is 1.20 bits per heavy atom. The van der Waals surface area contributed by atoms with Crippen LogP contribution in [0.15, 0.2) is 18.5 Å². The number of halogens is 2. The summed E-state index contributed by atoms with van der Waals surface area (Å²) in [6.07, 6.45) is 5.59. The van der Waals surface area contributed by atoms with Crippen LogP contribution in [0.2, 0.25) is 0 Å². The van der Waals surface area contributed by atoms with Crippen molar-refractivity contribution in [3.8, 4) is 11.3 Å². The highest BCUT2D eigenvalue weighted by molar-refractivity contribution is 5.64. The number of rotatable bonds is 5. The minimum absolute atomic E-state index is 0.107. The summed E-state index contributed by atoms with van der Waals surface area (Å²) < 4.78 is 33.9. The van der Waals surface area contributed by atoms with E-state index in [4.69, 9.17) is 10.5 Å². The highest BCUT2D eigenvalue weighted by Gasteiger charge is 2.36. The molecule has 2 N–H and O–H groups in total. The maximum Gasteiger partial charge on any atom is 0.265 e. The molecule has 8 nitrogen and oxygen atoms in total. The lowest BCUT2D eigenvalue weighted by atomic mass is 10.1. The molecule has 0 saturated carbocycles. The number of ether oxygens (including phenoxy) is 1. The Bertz CT molecular complexity index is 863. The van der Waals surface area contributed by atoms with Crippen molar-refractivity contribution in [3.63, 3.8) is 0 Å². The molecule has 10 heteroatoms. The Morgan fingerprint density at radius 2 is 2.00 bits per heavy atom. The van der Waals surface area contributed by atoms with Gasteiger partial charge in [-0.15, -0.1) is 0 Å². The average molecular weight is 419 g/mol. The number of aromatic nitrogens is 4. The van der Waals surface area contributed by atoms with E-state index in [0.29, 0.717) is 55.7 Å². The van der Waals surface area contributed by atoms with Gasteiger partial charge >= 0.3 is 0 Å². The molecule has 2 aromatic rings. The Balaban J connectivity index is 1.69. The number of morpholine rings is 1. The van der Waals surface area contributed by atoms with Crippen LogP contribution in [0.5, 0.6) is 0 Å². The zero-order chi connectivity index (χ0) is 21.1. The third-order valence-corrected chi connectivity index (χ3v) is 5.42. The second-order valence-electron chi connectivity index (χ2n) is 7.85. The van der Waals surface area contributed by atoms with E-state index in [1.807, 2.05) is 6.07 Å². The summed E-state index contributed by atoms with van der Waals surface area (Å²) in [6.45, 7) is 4.24. The van der Waals surface area contributed by atoms with Crippen LogP contribution in [0.4, 0.5) is 26.5 Å². The van der Waals surface area contributed by atoms with Crippen molar-refractivity contribution in [3.05, 3.63) is 18.5 Å². The first-order valence-corrected chi connectivity index (χ1v) is 10.4. The molecule has 4 heterocycles. The minimum atomic E-state index is -2.74. The van der Waals surface area contributed by atoms with E-state index in [9.17, 15) is 8.78 Å². The molecule has 2 aliphatic rings. The van der Waals surface area contributed by atoms with Gasteiger partial charge in [0.1, 0.15) is 5.82 Å². The van der Waals surface area contributed by atoms with E-state index >= 15 is 0 Å². The third-order valence-electron chi connectivity index (χ3n) is 5.42. The smallest absolute Gasteiger partial charge is 0.265 e. The third kappa shape index (κ3) is 4.75. The summed E-state index contributed by atoms with van der Waals surface area (Å²) in [5.74, 6) is -1.57. The van der Waals surface area contributed by atoms with Crippen LogP contribution in [0.1, 0.15) is 32.6 Å². The quantitative estimate of drug-likeness (QED) is 0.791. The molecular weight excluding hydrogens is 392 g/mol. The number of nitrogens with two attached hydrogens (primary N) is 1. The Morgan fingerprint density at radius 3 is 2.73 bits per heavy atom. The van der Waals surface area contributed by atoms with Gasteiger partial charge in [0.25, 0.3) is 5.92 Å². The lowest BCUT2D eigenvalue weighted by Gasteiger charge is -2.35. The fraction of sp³-hybridized carbons (Fsp3) is 0.600. The predicted octanol–water partition coefficient (Wildman–Crippen LogP) is 2.76. The predicted molar refractivity (Wildman–Crippen MR) is 111 cm³/mol. The van der Waals surface area contributed by atoms with E-state index in [0.717, 1.165) is 12.8 Å². The summed E-state index contributed by atoms with van der Waals surface area (Å²) >= 11 is 0. The number of anilines is 3. The summed E-state index contributed by atoms with van der Waals surface area (Å²) in [6, 6.07) is 1.86. The highest BCUT2D eigenvalue weighted by atomic mass is 19.3. The van der Waals surface area contributed by atoms with Crippen LogP contribution < -0.4 is 15.5 Å². The monoisotopic (exact) mass is 419 g/mol. The first kappa shape index (κ1) is 20.6. The first-order chi connectivity index (χ1) is 14.4. The van der Waals surface area contributed by atoms with Crippen LogP contribution in [0.3, 0.4) is 0 Å². The number of nitrogens with zero attached hydrogens (tertiary/aromatic N) is 6. The SMILES string of the molecule is CCC[C@H]1CN(c2cc(-c3cnc(N)nc3)nc(N3CCCC(F)(F)C3)n2)CCO1. The van der Waals surface area contributed by atoms with Crippen molar-refractivity contribution in [2.45, 2.75) is 44.6 Å². The molecule has 30 heavy (non-hydrogen) atoms. The van der Waals surface area contributed by atoms with Gasteiger partial charge in [0.05, 0.1) is 24.9 Å². The molecule has 162 valence electrons. The fourth-order valence-corrected chi connectivity index (χ4v) is 3.90. The number of hydrogen-bond donors (Lipinski definition) is 1. The summed E-state index contributed by atoms with van der Waals surface area (Å²) in [5.41, 5.74) is 6.85. The molecule has 0 spiro atoms. The zero-order valence-corrected chi connectivity index (χ0v) is 17.1.